The van der Waals surface area contributed by atoms with Crippen LogP contribution in [0.25, 0.3) is 0 Å². The van der Waals surface area contributed by atoms with Crippen molar-refractivity contribution in [3.05, 3.63) is 36.7 Å². The summed E-state index contributed by atoms with van der Waals surface area (Å²) in [6.07, 6.45) is 13.6. The zero-order valence-electron chi connectivity index (χ0n) is 22.3. The van der Waals surface area contributed by atoms with Crippen LogP contribution in [-0.2, 0) is 0 Å². The van der Waals surface area contributed by atoms with E-state index in [4.69, 9.17) is 4.74 Å². The van der Waals surface area contributed by atoms with Crippen molar-refractivity contribution >= 4 is 11.5 Å². The lowest BCUT2D eigenvalue weighted by Crippen LogP contribution is -2.59. The van der Waals surface area contributed by atoms with Gasteiger partial charge in [0.2, 0.25) is 5.88 Å². The molecule has 0 radical (unpaired) electrons. The van der Waals surface area contributed by atoms with Crippen molar-refractivity contribution in [2.24, 2.45) is 11.8 Å². The van der Waals surface area contributed by atoms with E-state index in [0.717, 1.165) is 30.7 Å². The van der Waals surface area contributed by atoms with E-state index in [-0.39, 0.29) is 0 Å². The van der Waals surface area contributed by atoms with Crippen LogP contribution in [0.15, 0.2) is 36.7 Å². The standard InChI is InChI=1S/C15H21N3.C14H20N4O/c1-2-14(11-16-6-1)17-9-5-15(12-17)10-13-3-7-18(15)8-4-13;1-19-13-3-2-12(15-16-13)17-7-5-14(10-17)8-11-4-6-18(14)9-11/h1-2,6,11,13H,3-5,7-10,12H2;2-3,11H,4-10H2,1H3. The van der Waals surface area contributed by atoms with Crippen LogP contribution in [0.2, 0.25) is 0 Å². The Morgan fingerprint density at radius 2 is 1.54 bits per heavy atom. The predicted molar refractivity (Wildman–Crippen MR) is 145 cm³/mol. The molecule has 2 aromatic rings. The second-order valence-electron chi connectivity index (χ2n) is 12.4. The Kier molecular flexibility index (Phi) is 6.00. The summed E-state index contributed by atoms with van der Waals surface area (Å²) in [5.41, 5.74) is 2.23. The highest BCUT2D eigenvalue weighted by Crippen LogP contribution is 2.47. The monoisotopic (exact) mass is 503 g/mol. The normalized spacial score (nSPS) is 37.4. The van der Waals surface area contributed by atoms with E-state index < -0.39 is 0 Å². The number of rotatable bonds is 3. The highest BCUT2D eigenvalue weighted by Gasteiger charge is 2.52. The number of methoxy groups -OCH3 is 1. The lowest BCUT2D eigenvalue weighted by molar-refractivity contribution is -0.0157. The first kappa shape index (κ1) is 23.7. The van der Waals surface area contributed by atoms with Gasteiger partial charge in [-0.2, -0.15) is 0 Å². The summed E-state index contributed by atoms with van der Waals surface area (Å²) in [7, 11) is 1.62. The average molecular weight is 504 g/mol. The van der Waals surface area contributed by atoms with E-state index in [2.05, 4.69) is 40.8 Å². The number of fused-ring (bicyclic) bond motifs is 5. The fourth-order valence-corrected chi connectivity index (χ4v) is 8.48. The number of aromatic nitrogens is 3. The van der Waals surface area contributed by atoms with Crippen LogP contribution in [0, 0.1) is 11.8 Å². The molecule has 37 heavy (non-hydrogen) atoms. The van der Waals surface area contributed by atoms with E-state index in [9.17, 15) is 0 Å². The van der Waals surface area contributed by atoms with Crippen LogP contribution >= 0.6 is 0 Å². The molecule has 0 amide bonds. The number of pyridine rings is 1. The Balaban J connectivity index is 0.000000125. The number of anilines is 2. The van der Waals surface area contributed by atoms with Gasteiger partial charge in [0.25, 0.3) is 0 Å². The molecule has 9 rings (SSSR count). The first-order valence-electron chi connectivity index (χ1n) is 14.4. The summed E-state index contributed by atoms with van der Waals surface area (Å²) < 4.78 is 5.06. The lowest BCUT2D eigenvalue weighted by Gasteiger charge is -2.52. The Morgan fingerprint density at radius 1 is 0.811 bits per heavy atom. The zero-order valence-corrected chi connectivity index (χ0v) is 22.3. The highest BCUT2D eigenvalue weighted by atomic mass is 16.5. The number of ether oxygens (including phenoxy) is 1. The first-order valence-corrected chi connectivity index (χ1v) is 14.4. The molecule has 7 aliphatic heterocycles. The van der Waals surface area contributed by atoms with Crippen LogP contribution in [0.5, 0.6) is 5.88 Å². The Bertz CT molecular complexity index is 1080. The third-order valence-electron chi connectivity index (χ3n) is 10.4. The zero-order chi connectivity index (χ0) is 24.9. The van der Waals surface area contributed by atoms with Crippen molar-refractivity contribution in [3.63, 3.8) is 0 Å². The quantitative estimate of drug-likeness (QED) is 0.632. The molecule has 0 saturated carbocycles. The summed E-state index contributed by atoms with van der Waals surface area (Å²) in [5, 5.41) is 8.36. The summed E-state index contributed by atoms with van der Waals surface area (Å²) in [6.45, 7) is 9.94. The molecular weight excluding hydrogens is 462 g/mol. The SMILES string of the molecule is COc1ccc(N2CCC3(CC4CCN3C4)C2)nn1.c1cncc(N2CCC3(CC4CCN3CC4)C2)c1. The summed E-state index contributed by atoms with van der Waals surface area (Å²) in [4.78, 5) is 14.7. The Morgan fingerprint density at radius 3 is 2.16 bits per heavy atom. The molecule has 7 fully saturated rings. The molecule has 8 nitrogen and oxygen atoms in total. The minimum atomic E-state index is 0.435. The molecule has 0 N–H and O–H groups in total. The first-order chi connectivity index (χ1) is 18.1. The van der Waals surface area contributed by atoms with E-state index in [1.54, 1.807) is 7.11 Å². The van der Waals surface area contributed by atoms with Crippen molar-refractivity contribution in [3.8, 4) is 5.88 Å². The lowest BCUT2D eigenvalue weighted by atomic mass is 9.74. The summed E-state index contributed by atoms with van der Waals surface area (Å²) in [5.74, 6) is 3.52. The van der Waals surface area contributed by atoms with Crippen LogP contribution in [0.1, 0.15) is 44.9 Å². The molecule has 0 aromatic carbocycles. The molecule has 8 heteroatoms. The fraction of sp³-hybridized carbons (Fsp3) is 0.690. The van der Waals surface area contributed by atoms with Gasteiger partial charge in [-0.25, -0.2) is 0 Å². The van der Waals surface area contributed by atoms with Crippen molar-refractivity contribution in [1.29, 1.82) is 0 Å². The molecule has 7 aliphatic rings. The van der Waals surface area contributed by atoms with Crippen molar-refractivity contribution in [1.82, 2.24) is 25.0 Å². The maximum atomic E-state index is 5.06. The average Bonchev–Trinajstić information content (AvgIpc) is 3.76. The topological polar surface area (TPSA) is 60.9 Å². The van der Waals surface area contributed by atoms with Crippen LogP contribution in [-0.4, -0.2) is 95.5 Å². The van der Waals surface area contributed by atoms with Crippen molar-refractivity contribution in [2.45, 2.75) is 56.0 Å². The molecule has 4 unspecified atom stereocenters. The third kappa shape index (κ3) is 4.26. The van der Waals surface area contributed by atoms with Gasteiger partial charge in [0, 0.05) is 56.1 Å². The smallest absolute Gasteiger partial charge is 0.233 e. The van der Waals surface area contributed by atoms with E-state index >= 15 is 0 Å². The maximum Gasteiger partial charge on any atom is 0.233 e. The third-order valence-corrected chi connectivity index (χ3v) is 10.4. The molecule has 0 aliphatic carbocycles. The molecular formula is C29H41N7O. The number of piperidine rings is 4. The molecule has 4 bridgehead atoms. The summed E-state index contributed by atoms with van der Waals surface area (Å²) in [6, 6.07) is 8.16. The molecule has 2 spiro atoms. The van der Waals surface area contributed by atoms with E-state index in [1.807, 2.05) is 30.6 Å². The molecule has 9 heterocycles. The van der Waals surface area contributed by atoms with E-state index in [0.29, 0.717) is 17.0 Å². The van der Waals surface area contributed by atoms with Gasteiger partial charge in [0.05, 0.1) is 19.0 Å². The highest BCUT2D eigenvalue weighted by molar-refractivity contribution is 5.46. The minimum Gasteiger partial charge on any atom is -0.480 e. The van der Waals surface area contributed by atoms with Crippen LogP contribution < -0.4 is 14.5 Å². The van der Waals surface area contributed by atoms with Gasteiger partial charge in [-0.05, 0) is 94.6 Å². The van der Waals surface area contributed by atoms with Gasteiger partial charge in [-0.15, -0.1) is 10.2 Å². The maximum absolute atomic E-state index is 5.06. The molecule has 4 atom stereocenters. The second kappa shape index (κ2) is 9.38. The van der Waals surface area contributed by atoms with Gasteiger partial charge in [0.15, 0.2) is 5.82 Å². The summed E-state index contributed by atoms with van der Waals surface area (Å²) >= 11 is 0. The van der Waals surface area contributed by atoms with E-state index in [1.165, 1.54) is 89.9 Å². The van der Waals surface area contributed by atoms with Gasteiger partial charge < -0.3 is 14.5 Å². The second-order valence-corrected chi connectivity index (χ2v) is 12.4. The van der Waals surface area contributed by atoms with Crippen molar-refractivity contribution < 1.29 is 4.74 Å². The van der Waals surface area contributed by atoms with Crippen LogP contribution in [0.4, 0.5) is 11.5 Å². The predicted octanol–water partition coefficient (Wildman–Crippen LogP) is 3.31. The van der Waals surface area contributed by atoms with Gasteiger partial charge in [-0.3, -0.25) is 14.8 Å². The van der Waals surface area contributed by atoms with Gasteiger partial charge >= 0.3 is 0 Å². The Hall–Kier alpha value is -2.45. The molecule has 2 aromatic heterocycles. The fourth-order valence-electron chi connectivity index (χ4n) is 8.48. The minimum absolute atomic E-state index is 0.435. The molecule has 7 saturated heterocycles. The number of nitrogens with zero attached hydrogens (tertiary/aromatic N) is 7. The largest absolute Gasteiger partial charge is 0.480 e. The Labute approximate surface area is 221 Å². The number of hydrogen-bond donors (Lipinski definition) is 0. The van der Waals surface area contributed by atoms with Crippen LogP contribution in [0.3, 0.4) is 0 Å². The number of hydrogen-bond acceptors (Lipinski definition) is 8. The van der Waals surface area contributed by atoms with Gasteiger partial charge in [-0.1, -0.05) is 0 Å². The van der Waals surface area contributed by atoms with Gasteiger partial charge in [0.1, 0.15) is 0 Å². The van der Waals surface area contributed by atoms with Crippen molar-refractivity contribution in [2.75, 3.05) is 69.3 Å². The molecule has 198 valence electrons.